The first-order valence-electron chi connectivity index (χ1n) is 5.86. The minimum Gasteiger partial charge on any atom is -0.359 e. The molecule has 0 saturated heterocycles. The molecule has 1 amide bonds. The molecule has 0 radical (unpaired) electrons. The number of allylic oxidation sites excluding steroid dienone is 1. The van der Waals surface area contributed by atoms with Crippen molar-refractivity contribution in [2.45, 2.75) is 25.2 Å². The van der Waals surface area contributed by atoms with E-state index in [2.05, 4.69) is 5.43 Å². The summed E-state index contributed by atoms with van der Waals surface area (Å²) in [4.78, 5) is 12.0. The van der Waals surface area contributed by atoms with Gasteiger partial charge in [-0.3, -0.25) is 10.2 Å². The van der Waals surface area contributed by atoms with Crippen molar-refractivity contribution in [3.63, 3.8) is 0 Å². The van der Waals surface area contributed by atoms with Crippen molar-refractivity contribution in [2.24, 2.45) is 0 Å². The van der Waals surface area contributed by atoms with E-state index in [0.717, 1.165) is 0 Å². The van der Waals surface area contributed by atoms with Crippen molar-refractivity contribution < 1.29 is 23.1 Å². The van der Waals surface area contributed by atoms with Gasteiger partial charge >= 0.3 is 6.18 Å². The Morgan fingerprint density at radius 2 is 1.95 bits per heavy atom. The third-order valence-corrected chi connectivity index (χ3v) is 2.91. The number of amides is 1. The third kappa shape index (κ3) is 2.49. The standard InChI is InChI=1S/C13H13F3N2O2/c1-9-8-12(20,13(14,15)16)18(17-9)11(19)7-10-5-3-2-4-6-10/h2-6,8,17,20H,7H2,1H3. The minimum atomic E-state index is -4.98. The fourth-order valence-corrected chi connectivity index (χ4v) is 1.97. The molecular formula is C13H13F3N2O2. The number of nitrogens with one attached hydrogen (secondary N) is 1. The normalized spacial score (nSPS) is 22.4. The number of hydrogen-bond donors (Lipinski definition) is 2. The van der Waals surface area contributed by atoms with Crippen LogP contribution in [0.2, 0.25) is 0 Å². The second-order valence-electron chi connectivity index (χ2n) is 4.55. The van der Waals surface area contributed by atoms with Gasteiger partial charge in [0, 0.05) is 5.70 Å². The van der Waals surface area contributed by atoms with Gasteiger partial charge in [-0.25, -0.2) is 5.01 Å². The SMILES string of the molecule is CC1=CC(O)(C(F)(F)F)N(C(=O)Cc2ccccc2)N1. The van der Waals surface area contributed by atoms with Crippen LogP contribution in [-0.2, 0) is 11.2 Å². The number of alkyl halides is 3. The van der Waals surface area contributed by atoms with Gasteiger partial charge in [0.2, 0.25) is 5.91 Å². The van der Waals surface area contributed by atoms with E-state index in [9.17, 15) is 23.1 Å². The van der Waals surface area contributed by atoms with Crippen LogP contribution in [-0.4, -0.2) is 27.9 Å². The van der Waals surface area contributed by atoms with E-state index in [1.54, 1.807) is 30.3 Å². The maximum Gasteiger partial charge on any atom is 0.442 e. The molecule has 0 spiro atoms. The van der Waals surface area contributed by atoms with Crippen molar-refractivity contribution in [1.82, 2.24) is 10.4 Å². The number of aliphatic hydroxyl groups is 1. The van der Waals surface area contributed by atoms with Gasteiger partial charge in [-0.1, -0.05) is 30.3 Å². The molecule has 1 heterocycles. The van der Waals surface area contributed by atoms with Crippen LogP contribution in [0, 0.1) is 0 Å². The van der Waals surface area contributed by atoms with Gasteiger partial charge in [0.1, 0.15) is 0 Å². The van der Waals surface area contributed by atoms with Crippen molar-refractivity contribution in [2.75, 3.05) is 0 Å². The molecular weight excluding hydrogens is 273 g/mol. The molecule has 0 fully saturated rings. The third-order valence-electron chi connectivity index (χ3n) is 2.91. The summed E-state index contributed by atoms with van der Waals surface area (Å²) < 4.78 is 38.8. The first kappa shape index (κ1) is 14.4. The topological polar surface area (TPSA) is 52.6 Å². The number of hydrogen-bond acceptors (Lipinski definition) is 3. The summed E-state index contributed by atoms with van der Waals surface area (Å²) in [5.41, 5.74) is -0.446. The number of carbonyl (C=O) groups is 1. The molecule has 1 atom stereocenters. The lowest BCUT2D eigenvalue weighted by molar-refractivity contribution is -0.288. The van der Waals surface area contributed by atoms with Crippen LogP contribution in [0.25, 0.3) is 0 Å². The maximum atomic E-state index is 12.9. The smallest absolute Gasteiger partial charge is 0.359 e. The number of halogens is 3. The zero-order valence-corrected chi connectivity index (χ0v) is 10.6. The molecule has 1 aromatic carbocycles. The molecule has 0 bridgehead atoms. The van der Waals surface area contributed by atoms with E-state index in [4.69, 9.17) is 0 Å². The molecule has 0 aromatic heterocycles. The molecule has 0 saturated carbocycles. The van der Waals surface area contributed by atoms with E-state index in [0.29, 0.717) is 11.6 Å². The Labute approximate surface area is 113 Å². The van der Waals surface area contributed by atoms with Gasteiger partial charge in [0.15, 0.2) is 0 Å². The average molecular weight is 286 g/mol. The van der Waals surface area contributed by atoms with Crippen LogP contribution < -0.4 is 5.43 Å². The monoisotopic (exact) mass is 286 g/mol. The molecule has 2 N–H and O–H groups in total. The Bertz CT molecular complexity index is 542. The van der Waals surface area contributed by atoms with Gasteiger partial charge in [-0.05, 0) is 18.6 Å². The summed E-state index contributed by atoms with van der Waals surface area (Å²) in [6.07, 6.45) is -4.65. The van der Waals surface area contributed by atoms with Gasteiger partial charge in [-0.15, -0.1) is 0 Å². The highest BCUT2D eigenvalue weighted by Gasteiger charge is 2.61. The number of benzene rings is 1. The molecule has 1 aliphatic heterocycles. The van der Waals surface area contributed by atoms with Crippen LogP contribution in [0.3, 0.4) is 0 Å². The summed E-state index contributed by atoms with van der Waals surface area (Å²) in [7, 11) is 0. The maximum absolute atomic E-state index is 12.9. The van der Waals surface area contributed by atoms with Crippen LogP contribution >= 0.6 is 0 Å². The van der Waals surface area contributed by atoms with E-state index in [1.807, 2.05) is 0 Å². The Hall–Kier alpha value is -2.02. The molecule has 20 heavy (non-hydrogen) atoms. The molecule has 1 aliphatic rings. The summed E-state index contributed by atoms with van der Waals surface area (Å²) in [6, 6.07) is 8.35. The minimum absolute atomic E-state index is 0.0613. The highest BCUT2D eigenvalue weighted by Crippen LogP contribution is 2.37. The Balaban J connectivity index is 2.22. The summed E-state index contributed by atoms with van der Waals surface area (Å²) in [5.74, 6) is -0.871. The first-order valence-corrected chi connectivity index (χ1v) is 5.86. The largest absolute Gasteiger partial charge is 0.442 e. The van der Waals surface area contributed by atoms with Gasteiger partial charge in [0.25, 0.3) is 5.72 Å². The fraction of sp³-hybridized carbons (Fsp3) is 0.308. The lowest BCUT2D eigenvalue weighted by atomic mass is 10.1. The van der Waals surface area contributed by atoms with Gasteiger partial charge in [0.05, 0.1) is 6.42 Å². The molecule has 0 aliphatic carbocycles. The second-order valence-corrected chi connectivity index (χ2v) is 4.55. The van der Waals surface area contributed by atoms with Crippen LogP contribution in [0.15, 0.2) is 42.1 Å². The average Bonchev–Trinajstić information content (AvgIpc) is 2.67. The van der Waals surface area contributed by atoms with E-state index in [1.165, 1.54) is 6.92 Å². The first-order chi connectivity index (χ1) is 9.24. The van der Waals surface area contributed by atoms with Crippen LogP contribution in [0.1, 0.15) is 12.5 Å². The quantitative estimate of drug-likeness (QED) is 0.870. The Kier molecular flexibility index (Phi) is 3.47. The second kappa shape index (κ2) is 4.82. The zero-order chi connectivity index (χ0) is 15.0. The molecule has 2 rings (SSSR count). The fourth-order valence-electron chi connectivity index (χ4n) is 1.97. The van der Waals surface area contributed by atoms with Crippen LogP contribution in [0.5, 0.6) is 0 Å². The van der Waals surface area contributed by atoms with Crippen molar-refractivity contribution in [1.29, 1.82) is 0 Å². The van der Waals surface area contributed by atoms with E-state index >= 15 is 0 Å². The van der Waals surface area contributed by atoms with E-state index < -0.39 is 17.8 Å². The summed E-state index contributed by atoms with van der Waals surface area (Å²) in [6.45, 7) is 1.34. The zero-order valence-electron chi connectivity index (χ0n) is 10.6. The molecule has 4 nitrogen and oxygen atoms in total. The van der Waals surface area contributed by atoms with E-state index in [-0.39, 0.29) is 17.1 Å². The van der Waals surface area contributed by atoms with Crippen molar-refractivity contribution >= 4 is 5.91 Å². The molecule has 108 valence electrons. The van der Waals surface area contributed by atoms with Gasteiger partial charge < -0.3 is 5.11 Å². The highest BCUT2D eigenvalue weighted by molar-refractivity contribution is 5.80. The van der Waals surface area contributed by atoms with Gasteiger partial charge in [-0.2, -0.15) is 13.2 Å². The highest BCUT2D eigenvalue weighted by atomic mass is 19.4. The molecule has 7 heteroatoms. The lowest BCUT2D eigenvalue weighted by Gasteiger charge is -2.33. The van der Waals surface area contributed by atoms with Crippen molar-refractivity contribution in [3.8, 4) is 0 Å². The summed E-state index contributed by atoms with van der Waals surface area (Å²) in [5, 5.41) is 9.97. The van der Waals surface area contributed by atoms with Crippen LogP contribution in [0.4, 0.5) is 13.2 Å². The Morgan fingerprint density at radius 1 is 1.35 bits per heavy atom. The molecule has 1 unspecified atom stereocenters. The predicted octanol–water partition coefficient (Wildman–Crippen LogP) is 1.73. The number of rotatable bonds is 2. The number of hydrazine groups is 1. The lowest BCUT2D eigenvalue weighted by Crippen LogP contribution is -2.60. The van der Waals surface area contributed by atoms with Crippen molar-refractivity contribution in [3.05, 3.63) is 47.7 Å². The number of carbonyl (C=O) groups excluding carboxylic acids is 1. The predicted molar refractivity (Wildman–Crippen MR) is 64.9 cm³/mol. The molecule has 1 aromatic rings. The Morgan fingerprint density at radius 3 is 2.50 bits per heavy atom. The summed E-state index contributed by atoms with van der Waals surface area (Å²) >= 11 is 0. The number of nitrogens with zero attached hydrogens (tertiary/aromatic N) is 1.